The summed E-state index contributed by atoms with van der Waals surface area (Å²) >= 11 is 0. The van der Waals surface area contributed by atoms with Crippen molar-refractivity contribution in [2.45, 2.75) is 24.3 Å². The smallest absolute Gasteiger partial charge is 0.279 e. The Kier molecular flexibility index (Phi) is 5.69. The highest BCUT2D eigenvalue weighted by atomic mass is 32.2. The molecule has 31 heavy (non-hydrogen) atoms. The Labute approximate surface area is 182 Å². The van der Waals surface area contributed by atoms with Gasteiger partial charge in [0, 0.05) is 18.1 Å². The molecule has 0 saturated carbocycles. The fourth-order valence-electron chi connectivity index (χ4n) is 3.68. The quantitative estimate of drug-likeness (QED) is 0.568. The summed E-state index contributed by atoms with van der Waals surface area (Å²) in [5.41, 5.74) is 3.38. The standard InChI is InChI=1S/C24H24N2O4S/c1-17-8-7-9-18(12-17)24-16-23(19-13-20(29-2)15-21(14-19)30-3)25-26(24)31(27,28)22-10-5-4-6-11-22/h4-15,24H,16H2,1-3H3/t24-/m1/s1. The number of hydrazone groups is 1. The Hall–Kier alpha value is -3.32. The molecule has 160 valence electrons. The second-order valence-electron chi connectivity index (χ2n) is 7.37. The highest BCUT2D eigenvalue weighted by molar-refractivity contribution is 7.89. The molecule has 6 nitrogen and oxygen atoms in total. The third kappa shape index (κ3) is 4.14. The Morgan fingerprint density at radius 3 is 2.19 bits per heavy atom. The lowest BCUT2D eigenvalue weighted by Crippen LogP contribution is -2.27. The molecule has 0 N–H and O–H groups in total. The van der Waals surface area contributed by atoms with E-state index < -0.39 is 16.1 Å². The zero-order valence-corrected chi connectivity index (χ0v) is 18.5. The van der Waals surface area contributed by atoms with Gasteiger partial charge in [0.15, 0.2) is 0 Å². The van der Waals surface area contributed by atoms with Gasteiger partial charge in [-0.15, -0.1) is 0 Å². The second-order valence-corrected chi connectivity index (χ2v) is 9.17. The lowest BCUT2D eigenvalue weighted by Gasteiger charge is -2.23. The highest BCUT2D eigenvalue weighted by Crippen LogP contribution is 2.38. The Bertz CT molecular complexity index is 1200. The number of aryl methyl sites for hydroxylation is 1. The van der Waals surface area contributed by atoms with Gasteiger partial charge in [-0.3, -0.25) is 0 Å². The molecule has 0 amide bonds. The van der Waals surface area contributed by atoms with Crippen LogP contribution in [0.3, 0.4) is 0 Å². The summed E-state index contributed by atoms with van der Waals surface area (Å²) in [5.74, 6) is 1.24. The van der Waals surface area contributed by atoms with Gasteiger partial charge in [-0.05, 0) is 36.8 Å². The van der Waals surface area contributed by atoms with E-state index in [9.17, 15) is 8.42 Å². The molecule has 0 unspecified atom stereocenters. The van der Waals surface area contributed by atoms with Crippen molar-refractivity contribution < 1.29 is 17.9 Å². The lowest BCUT2D eigenvalue weighted by molar-refractivity contribution is 0.371. The van der Waals surface area contributed by atoms with Gasteiger partial charge in [0.2, 0.25) is 0 Å². The largest absolute Gasteiger partial charge is 0.497 e. The minimum absolute atomic E-state index is 0.209. The first kappa shape index (κ1) is 20.9. The fourth-order valence-corrected chi connectivity index (χ4v) is 5.14. The molecule has 4 rings (SSSR count). The van der Waals surface area contributed by atoms with Crippen LogP contribution in [0.5, 0.6) is 11.5 Å². The van der Waals surface area contributed by atoms with Crippen LogP contribution in [-0.4, -0.2) is 32.8 Å². The minimum atomic E-state index is -3.84. The van der Waals surface area contributed by atoms with Crippen molar-refractivity contribution in [2.24, 2.45) is 5.10 Å². The molecule has 1 heterocycles. The SMILES string of the molecule is COc1cc(OC)cc(C2=NN(S(=O)(=O)c3ccccc3)[C@@H](c3cccc(C)c3)C2)c1. The second kappa shape index (κ2) is 8.43. The normalized spacial score (nSPS) is 16.2. The fraction of sp³-hybridized carbons (Fsp3) is 0.208. The minimum Gasteiger partial charge on any atom is -0.497 e. The third-order valence-corrected chi connectivity index (χ3v) is 6.97. The van der Waals surface area contributed by atoms with Gasteiger partial charge >= 0.3 is 0 Å². The molecular weight excluding hydrogens is 412 g/mol. The predicted octanol–water partition coefficient (Wildman–Crippen LogP) is 4.55. The molecule has 1 aliphatic heterocycles. The van der Waals surface area contributed by atoms with Crippen LogP contribution in [0.25, 0.3) is 0 Å². The first-order valence-electron chi connectivity index (χ1n) is 9.89. The summed E-state index contributed by atoms with van der Waals surface area (Å²) in [6.07, 6.45) is 0.436. The molecule has 0 aliphatic carbocycles. The van der Waals surface area contributed by atoms with Crippen LogP contribution in [0.1, 0.15) is 29.2 Å². The van der Waals surface area contributed by atoms with E-state index in [1.807, 2.05) is 43.3 Å². The van der Waals surface area contributed by atoms with Crippen LogP contribution in [0.2, 0.25) is 0 Å². The Morgan fingerprint density at radius 2 is 1.58 bits per heavy atom. The number of methoxy groups -OCH3 is 2. The first-order chi connectivity index (χ1) is 14.9. The van der Waals surface area contributed by atoms with Crippen molar-refractivity contribution >= 4 is 15.7 Å². The molecule has 0 spiro atoms. The van der Waals surface area contributed by atoms with Crippen LogP contribution < -0.4 is 9.47 Å². The highest BCUT2D eigenvalue weighted by Gasteiger charge is 2.37. The van der Waals surface area contributed by atoms with E-state index in [0.29, 0.717) is 23.6 Å². The number of benzene rings is 3. The number of hydrogen-bond acceptors (Lipinski definition) is 5. The van der Waals surface area contributed by atoms with Crippen molar-refractivity contribution in [1.82, 2.24) is 4.41 Å². The number of hydrogen-bond donors (Lipinski definition) is 0. The summed E-state index contributed by atoms with van der Waals surface area (Å²) in [6.45, 7) is 1.99. The Morgan fingerprint density at radius 1 is 0.903 bits per heavy atom. The van der Waals surface area contributed by atoms with Gasteiger partial charge in [-0.25, -0.2) is 0 Å². The Balaban J connectivity index is 1.83. The van der Waals surface area contributed by atoms with E-state index in [2.05, 4.69) is 5.10 Å². The summed E-state index contributed by atoms with van der Waals surface area (Å²) in [4.78, 5) is 0.209. The van der Waals surface area contributed by atoms with Gasteiger partial charge < -0.3 is 9.47 Å². The van der Waals surface area contributed by atoms with Crippen molar-refractivity contribution in [3.8, 4) is 11.5 Å². The van der Waals surface area contributed by atoms with E-state index in [4.69, 9.17) is 9.47 Å². The van der Waals surface area contributed by atoms with E-state index >= 15 is 0 Å². The van der Waals surface area contributed by atoms with Gasteiger partial charge in [0.25, 0.3) is 10.0 Å². The molecule has 7 heteroatoms. The van der Waals surface area contributed by atoms with Gasteiger partial charge in [-0.2, -0.15) is 17.9 Å². The van der Waals surface area contributed by atoms with Crippen molar-refractivity contribution in [2.75, 3.05) is 14.2 Å². The zero-order chi connectivity index (χ0) is 22.0. The molecule has 0 fully saturated rings. The molecule has 3 aromatic carbocycles. The number of ether oxygens (including phenoxy) is 2. The van der Waals surface area contributed by atoms with Crippen LogP contribution >= 0.6 is 0 Å². The number of rotatable bonds is 6. The van der Waals surface area contributed by atoms with E-state index in [1.54, 1.807) is 50.6 Å². The summed E-state index contributed by atoms with van der Waals surface area (Å²) in [7, 11) is -0.678. The molecule has 0 bridgehead atoms. The molecule has 1 aliphatic rings. The average molecular weight is 437 g/mol. The monoisotopic (exact) mass is 436 g/mol. The van der Waals surface area contributed by atoms with Crippen LogP contribution in [0.15, 0.2) is 82.8 Å². The van der Waals surface area contributed by atoms with Crippen molar-refractivity contribution in [1.29, 1.82) is 0 Å². The summed E-state index contributed by atoms with van der Waals surface area (Å²) < 4.78 is 39.0. The van der Waals surface area contributed by atoms with Gasteiger partial charge in [0.1, 0.15) is 11.5 Å². The summed E-state index contributed by atoms with van der Waals surface area (Å²) in [5, 5.41) is 4.60. The summed E-state index contributed by atoms with van der Waals surface area (Å²) in [6, 6.07) is 21.3. The molecule has 3 aromatic rings. The topological polar surface area (TPSA) is 68.2 Å². The lowest BCUT2D eigenvalue weighted by atomic mass is 9.98. The van der Waals surface area contributed by atoms with E-state index in [0.717, 1.165) is 16.7 Å². The van der Waals surface area contributed by atoms with Crippen LogP contribution in [-0.2, 0) is 10.0 Å². The maximum Gasteiger partial charge on any atom is 0.279 e. The van der Waals surface area contributed by atoms with E-state index in [1.165, 1.54) is 4.41 Å². The number of sulfonamides is 1. The molecule has 0 radical (unpaired) electrons. The third-order valence-electron chi connectivity index (χ3n) is 5.27. The van der Waals surface area contributed by atoms with E-state index in [-0.39, 0.29) is 4.90 Å². The van der Waals surface area contributed by atoms with Crippen LogP contribution in [0.4, 0.5) is 0 Å². The maximum atomic E-state index is 13.5. The maximum absolute atomic E-state index is 13.5. The van der Waals surface area contributed by atoms with Gasteiger partial charge in [0.05, 0.1) is 30.9 Å². The molecular formula is C24H24N2O4S. The first-order valence-corrected chi connectivity index (χ1v) is 11.3. The molecule has 0 saturated heterocycles. The predicted molar refractivity (Wildman–Crippen MR) is 120 cm³/mol. The number of nitrogens with zero attached hydrogens (tertiary/aromatic N) is 2. The zero-order valence-electron chi connectivity index (χ0n) is 17.6. The molecule has 1 atom stereocenters. The van der Waals surface area contributed by atoms with Crippen molar-refractivity contribution in [3.63, 3.8) is 0 Å². The van der Waals surface area contributed by atoms with Crippen molar-refractivity contribution in [3.05, 3.63) is 89.5 Å². The molecule has 0 aromatic heterocycles. The van der Waals surface area contributed by atoms with Gasteiger partial charge in [-0.1, -0.05) is 48.0 Å². The van der Waals surface area contributed by atoms with Crippen LogP contribution in [0, 0.1) is 6.92 Å². The average Bonchev–Trinajstić information content (AvgIpc) is 3.26.